The first-order valence-corrected chi connectivity index (χ1v) is 14.1. The predicted molar refractivity (Wildman–Crippen MR) is 122 cm³/mol. The topological polar surface area (TPSA) is 81.5 Å². The van der Waals surface area contributed by atoms with Gasteiger partial charge in [-0.3, -0.25) is 4.68 Å². The summed E-state index contributed by atoms with van der Waals surface area (Å²) in [7, 11) is -1.10. The summed E-state index contributed by atoms with van der Waals surface area (Å²) in [6.45, 7) is 14.7. The monoisotopic (exact) mass is 424 g/mol. The molecule has 0 aliphatic heterocycles. The van der Waals surface area contributed by atoms with E-state index < -0.39 is 8.07 Å². The number of hydrogen-bond donors (Lipinski definition) is 0. The Morgan fingerprint density at radius 1 is 1.23 bits per heavy atom. The molecular formula is C22H32N6OSi. The highest BCUT2D eigenvalue weighted by atomic mass is 28.3. The highest BCUT2D eigenvalue weighted by Crippen LogP contribution is 2.34. The van der Waals surface area contributed by atoms with Crippen LogP contribution in [0.2, 0.25) is 25.7 Å². The first-order valence-electron chi connectivity index (χ1n) is 10.4. The van der Waals surface area contributed by atoms with Crippen molar-refractivity contribution in [2.45, 2.75) is 65.6 Å². The molecule has 0 N–H and O–H groups in total. The molecule has 0 bridgehead atoms. The number of nitriles is 1. The van der Waals surface area contributed by atoms with Gasteiger partial charge in [-0.05, 0) is 17.5 Å². The quantitative estimate of drug-likeness (QED) is 0.371. The van der Waals surface area contributed by atoms with E-state index in [0.29, 0.717) is 13.2 Å². The Labute approximate surface area is 179 Å². The SMILES string of the molecule is CC(C)(C)C(CC#N)n1cc(-c2ncnc3c2ccn3COCC[Si](C)(C)C)cn1. The number of hydrogen-bond acceptors (Lipinski definition) is 5. The summed E-state index contributed by atoms with van der Waals surface area (Å²) in [4.78, 5) is 9.00. The summed E-state index contributed by atoms with van der Waals surface area (Å²) >= 11 is 0. The van der Waals surface area contributed by atoms with E-state index in [1.165, 1.54) is 0 Å². The molecule has 0 fully saturated rings. The van der Waals surface area contributed by atoms with E-state index >= 15 is 0 Å². The van der Waals surface area contributed by atoms with Gasteiger partial charge in [-0.2, -0.15) is 10.4 Å². The van der Waals surface area contributed by atoms with Crippen LogP contribution in [0.25, 0.3) is 22.3 Å². The first kappa shape index (κ1) is 22.2. The lowest BCUT2D eigenvalue weighted by Crippen LogP contribution is -2.24. The van der Waals surface area contributed by atoms with Crippen LogP contribution in [0.4, 0.5) is 0 Å². The van der Waals surface area contributed by atoms with Crippen LogP contribution in [-0.4, -0.2) is 39.0 Å². The van der Waals surface area contributed by atoms with E-state index in [4.69, 9.17) is 4.74 Å². The van der Waals surface area contributed by atoms with Crippen LogP contribution in [0.1, 0.15) is 33.2 Å². The van der Waals surface area contributed by atoms with Gasteiger partial charge in [0.1, 0.15) is 18.7 Å². The minimum Gasteiger partial charge on any atom is -0.361 e. The Balaban J connectivity index is 1.84. The van der Waals surface area contributed by atoms with Crippen molar-refractivity contribution in [3.05, 3.63) is 31.0 Å². The van der Waals surface area contributed by atoms with Crippen molar-refractivity contribution in [2.24, 2.45) is 5.41 Å². The lowest BCUT2D eigenvalue weighted by molar-refractivity contribution is 0.0899. The standard InChI is InChI=1S/C22H32N6OSi/c1-22(2,3)19(7-9-23)28-14-17(13-26-28)20-18-8-10-27(21(18)25-15-24-20)16-29-11-12-30(4,5)6/h8,10,13-15,19H,7,11-12,16H2,1-6H3. The molecule has 0 saturated heterocycles. The highest BCUT2D eigenvalue weighted by molar-refractivity contribution is 6.76. The van der Waals surface area contributed by atoms with Crippen molar-refractivity contribution in [3.8, 4) is 17.3 Å². The molecule has 0 radical (unpaired) electrons. The maximum Gasteiger partial charge on any atom is 0.145 e. The molecule has 3 heterocycles. The van der Waals surface area contributed by atoms with Gasteiger partial charge in [0.05, 0.1) is 30.4 Å². The average molecular weight is 425 g/mol. The molecule has 3 aromatic rings. The highest BCUT2D eigenvalue weighted by Gasteiger charge is 2.27. The molecule has 30 heavy (non-hydrogen) atoms. The molecule has 3 rings (SSSR count). The van der Waals surface area contributed by atoms with Crippen LogP contribution in [0.5, 0.6) is 0 Å². The van der Waals surface area contributed by atoms with E-state index in [9.17, 15) is 5.26 Å². The van der Waals surface area contributed by atoms with Crippen LogP contribution in [0, 0.1) is 16.7 Å². The largest absolute Gasteiger partial charge is 0.361 e. The Hall–Kier alpha value is -2.50. The van der Waals surface area contributed by atoms with Gasteiger partial charge in [-0.15, -0.1) is 0 Å². The van der Waals surface area contributed by atoms with Crippen molar-refractivity contribution >= 4 is 19.1 Å². The second-order valence-electron chi connectivity index (χ2n) is 10.0. The van der Waals surface area contributed by atoms with Crippen molar-refractivity contribution in [2.75, 3.05) is 6.61 Å². The number of fused-ring (bicyclic) bond motifs is 1. The first-order chi connectivity index (χ1) is 14.1. The Kier molecular flexibility index (Phi) is 6.43. The molecule has 1 unspecified atom stereocenters. The van der Waals surface area contributed by atoms with E-state index in [0.717, 1.165) is 34.9 Å². The normalized spacial score (nSPS) is 13.5. The second kappa shape index (κ2) is 8.70. The molecule has 0 aromatic carbocycles. The van der Waals surface area contributed by atoms with Crippen LogP contribution in [-0.2, 0) is 11.5 Å². The van der Waals surface area contributed by atoms with Crippen molar-refractivity contribution in [3.63, 3.8) is 0 Å². The lowest BCUT2D eigenvalue weighted by Gasteiger charge is -2.28. The zero-order valence-electron chi connectivity index (χ0n) is 18.9. The van der Waals surface area contributed by atoms with E-state index in [1.807, 2.05) is 33.9 Å². The van der Waals surface area contributed by atoms with Gasteiger partial charge in [0.25, 0.3) is 0 Å². The van der Waals surface area contributed by atoms with Gasteiger partial charge in [0, 0.05) is 38.0 Å². The molecule has 0 saturated carbocycles. The van der Waals surface area contributed by atoms with Crippen molar-refractivity contribution in [1.29, 1.82) is 5.26 Å². The summed E-state index contributed by atoms with van der Waals surface area (Å²) in [6.07, 6.45) is 7.80. The van der Waals surface area contributed by atoms with Crippen LogP contribution >= 0.6 is 0 Å². The maximum atomic E-state index is 9.24. The minimum atomic E-state index is -1.10. The van der Waals surface area contributed by atoms with Gasteiger partial charge in [0.2, 0.25) is 0 Å². The Bertz CT molecular complexity index is 1030. The Morgan fingerprint density at radius 3 is 2.67 bits per heavy atom. The smallest absolute Gasteiger partial charge is 0.145 e. The third-order valence-corrected chi connectivity index (χ3v) is 6.97. The predicted octanol–water partition coefficient (Wildman–Crippen LogP) is 5.11. The summed E-state index contributed by atoms with van der Waals surface area (Å²) < 4.78 is 9.81. The molecular weight excluding hydrogens is 392 g/mol. The molecule has 160 valence electrons. The fourth-order valence-electron chi connectivity index (χ4n) is 3.39. The number of ether oxygens (including phenoxy) is 1. The Morgan fingerprint density at radius 2 is 2.00 bits per heavy atom. The molecule has 3 aromatic heterocycles. The minimum absolute atomic E-state index is 0.00190. The second-order valence-corrected chi connectivity index (χ2v) is 15.7. The zero-order valence-corrected chi connectivity index (χ0v) is 19.9. The number of aromatic nitrogens is 5. The number of nitrogens with zero attached hydrogens (tertiary/aromatic N) is 6. The lowest BCUT2D eigenvalue weighted by atomic mass is 9.85. The van der Waals surface area contributed by atoms with Gasteiger partial charge in [-0.1, -0.05) is 40.4 Å². The summed E-state index contributed by atoms with van der Waals surface area (Å²) in [5.74, 6) is 0. The molecule has 0 spiro atoms. The fraction of sp³-hybridized carbons (Fsp3) is 0.545. The number of rotatable bonds is 8. The summed E-state index contributed by atoms with van der Waals surface area (Å²) in [5.41, 5.74) is 2.55. The summed E-state index contributed by atoms with van der Waals surface area (Å²) in [6, 6.07) is 5.46. The van der Waals surface area contributed by atoms with E-state index in [2.05, 4.69) is 61.5 Å². The third-order valence-electron chi connectivity index (χ3n) is 5.26. The fourth-order valence-corrected chi connectivity index (χ4v) is 4.15. The molecule has 0 aliphatic carbocycles. The maximum absolute atomic E-state index is 9.24. The van der Waals surface area contributed by atoms with Gasteiger partial charge >= 0.3 is 0 Å². The molecule has 0 aliphatic rings. The molecule has 7 nitrogen and oxygen atoms in total. The van der Waals surface area contributed by atoms with E-state index in [1.54, 1.807) is 6.33 Å². The van der Waals surface area contributed by atoms with E-state index in [-0.39, 0.29) is 11.5 Å². The zero-order chi connectivity index (χ0) is 21.9. The van der Waals surface area contributed by atoms with Crippen molar-refractivity contribution < 1.29 is 4.74 Å². The van der Waals surface area contributed by atoms with Crippen LogP contribution in [0.3, 0.4) is 0 Å². The van der Waals surface area contributed by atoms with Gasteiger partial charge in [0.15, 0.2) is 0 Å². The molecule has 0 amide bonds. The van der Waals surface area contributed by atoms with Crippen LogP contribution < -0.4 is 0 Å². The van der Waals surface area contributed by atoms with Crippen LogP contribution in [0.15, 0.2) is 31.0 Å². The van der Waals surface area contributed by atoms with Gasteiger partial charge < -0.3 is 9.30 Å². The van der Waals surface area contributed by atoms with Crippen molar-refractivity contribution in [1.82, 2.24) is 24.3 Å². The van der Waals surface area contributed by atoms with Gasteiger partial charge in [-0.25, -0.2) is 9.97 Å². The average Bonchev–Trinajstić information content (AvgIpc) is 3.28. The molecule has 8 heteroatoms. The third kappa shape index (κ3) is 5.15. The summed E-state index contributed by atoms with van der Waals surface area (Å²) in [5, 5.41) is 14.8. The molecule has 1 atom stereocenters.